The van der Waals surface area contributed by atoms with Crippen molar-refractivity contribution in [2.24, 2.45) is 7.05 Å². The highest BCUT2D eigenvalue weighted by Crippen LogP contribution is 2.32. The Morgan fingerprint density at radius 3 is 2.64 bits per heavy atom. The van der Waals surface area contributed by atoms with Gasteiger partial charge in [-0.15, -0.1) is 0 Å². The largest absolute Gasteiger partial charge is 0.352 e. The summed E-state index contributed by atoms with van der Waals surface area (Å²) < 4.78 is 5.15. The van der Waals surface area contributed by atoms with Crippen LogP contribution < -0.4 is 10.6 Å². The Hall–Kier alpha value is -3.71. The molecule has 1 fully saturated rings. The molecule has 0 bridgehead atoms. The average Bonchev–Trinajstić information content (AvgIpc) is 3.47. The molecule has 10 heteroatoms. The lowest BCUT2D eigenvalue weighted by Crippen LogP contribution is -2.59. The maximum absolute atomic E-state index is 12.8. The van der Waals surface area contributed by atoms with Crippen molar-refractivity contribution in [3.8, 4) is 6.07 Å². The molecule has 0 amide bonds. The molecule has 1 aliphatic heterocycles. The summed E-state index contributed by atoms with van der Waals surface area (Å²) in [4.78, 5) is 22.1. The van der Waals surface area contributed by atoms with Gasteiger partial charge < -0.3 is 4.90 Å². The lowest BCUT2D eigenvalue weighted by atomic mass is 9.97. The number of nitrogens with zero attached hydrogens (tertiary/aromatic N) is 9. The fraction of sp³-hybridized carbons (Fsp3) is 0.500. The molecule has 4 aromatic rings. The molecule has 0 aromatic carbocycles. The van der Waals surface area contributed by atoms with Crippen LogP contribution in [-0.4, -0.2) is 58.9 Å². The standard InChI is InChI=1S/C26H33N9O/c1-6-21-16-33(25-28-26(36)31(5)24-14-20(8-10-27)30-35(24)25)22(7-2)15-32(21)18(4)19-9-11-34-23(13-19)12-17(3)29-34/h9,11-14,18,21-22H,6-8,15-16H2,1-5H3/t18?,21-,22+/m1/s1. The summed E-state index contributed by atoms with van der Waals surface area (Å²) in [6, 6.07) is 11.1. The first-order valence-electron chi connectivity index (χ1n) is 12.7. The van der Waals surface area contributed by atoms with Gasteiger partial charge in [-0.05, 0) is 50.5 Å². The summed E-state index contributed by atoms with van der Waals surface area (Å²) in [7, 11) is 1.69. The van der Waals surface area contributed by atoms with Gasteiger partial charge in [-0.1, -0.05) is 13.8 Å². The Labute approximate surface area is 210 Å². The van der Waals surface area contributed by atoms with Gasteiger partial charge in [0.15, 0.2) is 0 Å². The summed E-state index contributed by atoms with van der Waals surface area (Å²) in [5, 5.41) is 18.3. The van der Waals surface area contributed by atoms with Crippen LogP contribution in [0.1, 0.15) is 56.6 Å². The molecule has 0 radical (unpaired) electrons. The molecule has 5 rings (SSSR count). The number of nitriles is 1. The van der Waals surface area contributed by atoms with Crippen molar-refractivity contribution < 1.29 is 0 Å². The predicted octanol–water partition coefficient (Wildman–Crippen LogP) is 2.89. The van der Waals surface area contributed by atoms with Crippen LogP contribution in [0.2, 0.25) is 0 Å². The molecular formula is C26H33N9O. The number of anilines is 1. The lowest BCUT2D eigenvalue weighted by Gasteiger charge is -2.48. The number of rotatable bonds is 6. The highest BCUT2D eigenvalue weighted by Gasteiger charge is 2.37. The number of pyridine rings is 1. The zero-order chi connectivity index (χ0) is 25.6. The van der Waals surface area contributed by atoms with E-state index in [0.29, 0.717) is 17.3 Å². The number of aryl methyl sites for hydroxylation is 2. The molecule has 3 atom stereocenters. The van der Waals surface area contributed by atoms with Crippen LogP contribution in [0, 0.1) is 18.3 Å². The van der Waals surface area contributed by atoms with Gasteiger partial charge in [-0.3, -0.25) is 9.47 Å². The van der Waals surface area contributed by atoms with Gasteiger partial charge in [0.05, 0.1) is 29.4 Å². The van der Waals surface area contributed by atoms with Crippen molar-refractivity contribution in [1.82, 2.24) is 33.7 Å². The fourth-order valence-corrected chi connectivity index (χ4v) is 5.46. The third-order valence-corrected chi connectivity index (χ3v) is 7.54. The summed E-state index contributed by atoms with van der Waals surface area (Å²) in [5.74, 6) is 0.561. The SMILES string of the molecule is CC[C@H]1CN(C(C)c2ccn3nc(C)cc3c2)[C@H](CC)CN1c1nc(=O)n(C)c2cc(CC#N)nn12. The van der Waals surface area contributed by atoms with Gasteiger partial charge in [0.25, 0.3) is 0 Å². The fourth-order valence-electron chi connectivity index (χ4n) is 5.46. The molecule has 4 aromatic heterocycles. The number of aromatic nitrogens is 6. The highest BCUT2D eigenvalue weighted by atomic mass is 16.1. The van der Waals surface area contributed by atoms with Crippen molar-refractivity contribution in [3.63, 3.8) is 0 Å². The first kappa shape index (κ1) is 24.0. The van der Waals surface area contributed by atoms with Gasteiger partial charge in [0.2, 0.25) is 5.95 Å². The van der Waals surface area contributed by atoms with Gasteiger partial charge in [0.1, 0.15) is 5.65 Å². The van der Waals surface area contributed by atoms with Crippen molar-refractivity contribution in [3.05, 3.63) is 57.9 Å². The lowest BCUT2D eigenvalue weighted by molar-refractivity contribution is 0.0999. The molecule has 0 saturated carbocycles. The Balaban J connectivity index is 1.50. The Morgan fingerprint density at radius 2 is 1.92 bits per heavy atom. The minimum atomic E-state index is -0.316. The van der Waals surface area contributed by atoms with E-state index in [1.165, 1.54) is 10.1 Å². The second kappa shape index (κ2) is 9.39. The molecule has 1 unspecified atom stereocenters. The second-order valence-electron chi connectivity index (χ2n) is 9.76. The van der Waals surface area contributed by atoms with E-state index in [2.05, 4.69) is 70.0 Å². The summed E-state index contributed by atoms with van der Waals surface area (Å²) in [6.45, 7) is 10.3. The van der Waals surface area contributed by atoms with Crippen molar-refractivity contribution >= 4 is 17.1 Å². The third kappa shape index (κ3) is 4.03. The van der Waals surface area contributed by atoms with E-state index >= 15 is 0 Å². The minimum Gasteiger partial charge on any atom is -0.335 e. The van der Waals surface area contributed by atoms with Gasteiger partial charge in [0, 0.05) is 50.5 Å². The van der Waals surface area contributed by atoms with Crippen LogP contribution in [0.3, 0.4) is 0 Å². The quantitative estimate of drug-likeness (QED) is 0.412. The maximum Gasteiger partial charge on any atom is 0.352 e. The average molecular weight is 488 g/mol. The third-order valence-electron chi connectivity index (χ3n) is 7.54. The van der Waals surface area contributed by atoms with E-state index in [4.69, 9.17) is 5.26 Å². The molecule has 1 aliphatic rings. The summed E-state index contributed by atoms with van der Waals surface area (Å²) in [6.07, 6.45) is 4.11. The first-order chi connectivity index (χ1) is 17.3. The predicted molar refractivity (Wildman–Crippen MR) is 138 cm³/mol. The van der Waals surface area contributed by atoms with Crippen molar-refractivity contribution in [2.75, 3.05) is 18.0 Å². The normalized spacial score (nSPS) is 19.7. The van der Waals surface area contributed by atoms with Crippen molar-refractivity contribution in [1.29, 1.82) is 5.26 Å². The van der Waals surface area contributed by atoms with E-state index in [0.717, 1.165) is 37.1 Å². The van der Waals surface area contributed by atoms with Crippen molar-refractivity contribution in [2.45, 2.75) is 65.1 Å². The van der Waals surface area contributed by atoms with E-state index in [9.17, 15) is 4.79 Å². The topological polar surface area (TPSA) is 99.8 Å². The summed E-state index contributed by atoms with van der Waals surface area (Å²) in [5.41, 5.74) is 4.36. The highest BCUT2D eigenvalue weighted by molar-refractivity contribution is 5.51. The Kier molecular flexibility index (Phi) is 6.26. The number of fused-ring (bicyclic) bond motifs is 2. The summed E-state index contributed by atoms with van der Waals surface area (Å²) >= 11 is 0. The molecule has 1 saturated heterocycles. The minimum absolute atomic E-state index is 0.169. The van der Waals surface area contributed by atoms with Crippen LogP contribution in [0.4, 0.5) is 5.95 Å². The zero-order valence-corrected chi connectivity index (χ0v) is 21.6. The molecule has 0 spiro atoms. The molecule has 10 nitrogen and oxygen atoms in total. The molecule has 188 valence electrons. The maximum atomic E-state index is 12.8. The van der Waals surface area contributed by atoms with Crippen LogP contribution >= 0.6 is 0 Å². The Bertz CT molecular complexity index is 1510. The van der Waals surface area contributed by atoms with Gasteiger partial charge in [-0.25, -0.2) is 9.31 Å². The monoisotopic (exact) mass is 487 g/mol. The smallest absolute Gasteiger partial charge is 0.335 e. The zero-order valence-electron chi connectivity index (χ0n) is 21.6. The van der Waals surface area contributed by atoms with E-state index in [-0.39, 0.29) is 30.2 Å². The number of piperazine rings is 1. The molecule has 0 aliphatic carbocycles. The van der Waals surface area contributed by atoms with Crippen LogP contribution in [-0.2, 0) is 13.5 Å². The molecule has 5 heterocycles. The number of hydrogen-bond donors (Lipinski definition) is 0. The van der Waals surface area contributed by atoms with Gasteiger partial charge in [-0.2, -0.15) is 25.0 Å². The number of hydrogen-bond acceptors (Lipinski definition) is 7. The van der Waals surface area contributed by atoms with Crippen LogP contribution in [0.15, 0.2) is 35.3 Å². The van der Waals surface area contributed by atoms with E-state index in [1.807, 2.05) is 17.6 Å². The van der Waals surface area contributed by atoms with E-state index in [1.54, 1.807) is 17.6 Å². The Morgan fingerprint density at radius 1 is 1.14 bits per heavy atom. The van der Waals surface area contributed by atoms with Crippen LogP contribution in [0.5, 0.6) is 0 Å². The first-order valence-corrected chi connectivity index (χ1v) is 12.7. The second-order valence-corrected chi connectivity index (χ2v) is 9.76. The molecule has 36 heavy (non-hydrogen) atoms. The van der Waals surface area contributed by atoms with E-state index < -0.39 is 0 Å². The van der Waals surface area contributed by atoms with Gasteiger partial charge >= 0.3 is 5.69 Å². The molecular weight excluding hydrogens is 454 g/mol. The molecule has 0 N–H and O–H groups in total. The van der Waals surface area contributed by atoms with Crippen LogP contribution in [0.25, 0.3) is 11.2 Å².